The Kier molecular flexibility index (Phi) is 4.76. The van der Waals surface area contributed by atoms with Crippen LogP contribution in [0.25, 0.3) is 0 Å². The van der Waals surface area contributed by atoms with Crippen molar-refractivity contribution < 1.29 is 19.4 Å². The molecular formula is C13H22N2O4. The normalized spacial score (nSPS) is 31.5. The van der Waals surface area contributed by atoms with Gasteiger partial charge in [0.2, 0.25) is 5.91 Å². The van der Waals surface area contributed by atoms with E-state index in [1.54, 1.807) is 4.90 Å². The highest BCUT2D eigenvalue weighted by Gasteiger charge is 2.37. The molecule has 6 nitrogen and oxygen atoms in total. The van der Waals surface area contributed by atoms with Crippen LogP contribution in [0, 0.1) is 5.92 Å². The largest absolute Gasteiger partial charge is 0.480 e. The first-order valence-electron chi connectivity index (χ1n) is 6.93. The van der Waals surface area contributed by atoms with E-state index in [-0.39, 0.29) is 24.5 Å². The summed E-state index contributed by atoms with van der Waals surface area (Å²) in [6.45, 7) is 4.05. The molecule has 1 amide bonds. The van der Waals surface area contributed by atoms with Gasteiger partial charge in [0.15, 0.2) is 0 Å². The molecule has 108 valence electrons. The summed E-state index contributed by atoms with van der Waals surface area (Å²) in [5.74, 6) is -0.851. The van der Waals surface area contributed by atoms with Gasteiger partial charge < -0.3 is 15.2 Å². The van der Waals surface area contributed by atoms with Crippen LogP contribution in [0.15, 0.2) is 0 Å². The molecule has 0 aromatic rings. The van der Waals surface area contributed by atoms with Gasteiger partial charge in [-0.25, -0.2) is 0 Å². The Labute approximate surface area is 113 Å². The van der Waals surface area contributed by atoms with Gasteiger partial charge >= 0.3 is 5.97 Å². The second kappa shape index (κ2) is 6.34. The zero-order chi connectivity index (χ0) is 13.8. The number of carbonyl (C=O) groups is 2. The summed E-state index contributed by atoms with van der Waals surface area (Å²) >= 11 is 0. The third-order valence-electron chi connectivity index (χ3n) is 3.95. The van der Waals surface area contributed by atoms with Crippen molar-refractivity contribution in [2.45, 2.75) is 38.3 Å². The third-order valence-corrected chi connectivity index (χ3v) is 3.95. The number of hydrogen-bond acceptors (Lipinski definition) is 4. The fraction of sp³-hybridized carbons (Fsp3) is 0.846. The lowest BCUT2D eigenvalue weighted by Gasteiger charge is -2.22. The van der Waals surface area contributed by atoms with Crippen LogP contribution >= 0.6 is 0 Å². The van der Waals surface area contributed by atoms with E-state index in [1.165, 1.54) is 0 Å². The SMILES string of the molecule is CC1CCN(CC(=O)NCC2CCCO2)C1C(=O)O. The highest BCUT2D eigenvalue weighted by atomic mass is 16.5. The Balaban J connectivity index is 1.76. The molecule has 3 unspecified atom stereocenters. The number of carboxylic acid groups (broad SMARTS) is 1. The third kappa shape index (κ3) is 3.67. The van der Waals surface area contributed by atoms with Crippen LogP contribution in [0.4, 0.5) is 0 Å². The molecule has 19 heavy (non-hydrogen) atoms. The Morgan fingerprint density at radius 2 is 2.21 bits per heavy atom. The van der Waals surface area contributed by atoms with Crippen molar-refractivity contribution in [3.05, 3.63) is 0 Å². The monoisotopic (exact) mass is 270 g/mol. The number of hydrogen-bond donors (Lipinski definition) is 2. The molecule has 0 aromatic heterocycles. The Morgan fingerprint density at radius 1 is 1.42 bits per heavy atom. The summed E-state index contributed by atoms with van der Waals surface area (Å²) in [6, 6.07) is -0.534. The smallest absolute Gasteiger partial charge is 0.321 e. The predicted molar refractivity (Wildman–Crippen MR) is 68.8 cm³/mol. The number of nitrogens with one attached hydrogen (secondary N) is 1. The van der Waals surface area contributed by atoms with E-state index < -0.39 is 12.0 Å². The fourth-order valence-electron chi connectivity index (χ4n) is 2.88. The number of carbonyl (C=O) groups excluding carboxylic acids is 1. The van der Waals surface area contributed by atoms with Gasteiger partial charge in [-0.05, 0) is 31.7 Å². The maximum Gasteiger partial charge on any atom is 0.321 e. The average Bonchev–Trinajstić information content (AvgIpc) is 2.96. The van der Waals surface area contributed by atoms with Crippen molar-refractivity contribution in [3.8, 4) is 0 Å². The molecule has 0 aromatic carbocycles. The molecule has 2 saturated heterocycles. The van der Waals surface area contributed by atoms with E-state index in [2.05, 4.69) is 5.32 Å². The van der Waals surface area contributed by atoms with E-state index in [0.717, 1.165) is 25.9 Å². The molecule has 3 atom stereocenters. The minimum absolute atomic E-state index is 0.100. The van der Waals surface area contributed by atoms with E-state index >= 15 is 0 Å². The van der Waals surface area contributed by atoms with Crippen LogP contribution in [0.3, 0.4) is 0 Å². The first kappa shape index (κ1) is 14.3. The number of nitrogens with zero attached hydrogens (tertiary/aromatic N) is 1. The minimum Gasteiger partial charge on any atom is -0.480 e. The summed E-state index contributed by atoms with van der Waals surface area (Å²) in [5, 5.41) is 12.0. The number of amides is 1. The number of likely N-dealkylation sites (tertiary alicyclic amines) is 1. The molecule has 2 aliphatic rings. The molecule has 2 fully saturated rings. The van der Waals surface area contributed by atoms with Gasteiger partial charge in [0, 0.05) is 13.2 Å². The molecule has 0 radical (unpaired) electrons. The van der Waals surface area contributed by atoms with Crippen LogP contribution < -0.4 is 5.32 Å². The van der Waals surface area contributed by atoms with Gasteiger partial charge in [0.05, 0.1) is 12.6 Å². The highest BCUT2D eigenvalue weighted by Crippen LogP contribution is 2.23. The average molecular weight is 270 g/mol. The molecule has 6 heteroatoms. The number of carboxylic acids is 1. The molecule has 2 heterocycles. The van der Waals surface area contributed by atoms with Crippen LogP contribution in [0.2, 0.25) is 0 Å². The van der Waals surface area contributed by atoms with E-state index in [9.17, 15) is 14.7 Å². The molecule has 2 aliphatic heterocycles. The maximum atomic E-state index is 11.8. The highest BCUT2D eigenvalue weighted by molar-refractivity contribution is 5.80. The van der Waals surface area contributed by atoms with Crippen molar-refractivity contribution in [1.82, 2.24) is 10.2 Å². The van der Waals surface area contributed by atoms with Crippen molar-refractivity contribution >= 4 is 11.9 Å². The zero-order valence-electron chi connectivity index (χ0n) is 11.3. The second-order valence-corrected chi connectivity index (χ2v) is 5.46. The zero-order valence-corrected chi connectivity index (χ0v) is 11.3. The lowest BCUT2D eigenvalue weighted by Crippen LogP contribution is -2.45. The number of ether oxygens (including phenoxy) is 1. The van der Waals surface area contributed by atoms with Crippen LogP contribution in [0.5, 0.6) is 0 Å². The summed E-state index contributed by atoms with van der Waals surface area (Å²) in [7, 11) is 0. The Hall–Kier alpha value is -1.14. The maximum absolute atomic E-state index is 11.8. The minimum atomic E-state index is -0.836. The van der Waals surface area contributed by atoms with Crippen LogP contribution in [-0.2, 0) is 14.3 Å². The molecule has 0 aliphatic carbocycles. The summed E-state index contributed by atoms with van der Waals surface area (Å²) in [6.07, 6.45) is 2.98. The van der Waals surface area contributed by atoms with Gasteiger partial charge in [0.25, 0.3) is 0 Å². The van der Waals surface area contributed by atoms with Gasteiger partial charge in [-0.3, -0.25) is 14.5 Å². The molecule has 0 saturated carbocycles. The number of rotatable bonds is 5. The molecular weight excluding hydrogens is 248 g/mol. The first-order valence-corrected chi connectivity index (χ1v) is 6.93. The Bertz CT molecular complexity index is 342. The quantitative estimate of drug-likeness (QED) is 0.739. The lowest BCUT2D eigenvalue weighted by atomic mass is 10.0. The summed E-state index contributed by atoms with van der Waals surface area (Å²) in [4.78, 5) is 24.8. The van der Waals surface area contributed by atoms with Crippen molar-refractivity contribution in [2.75, 3.05) is 26.2 Å². The van der Waals surface area contributed by atoms with Gasteiger partial charge in [-0.15, -0.1) is 0 Å². The number of aliphatic carboxylic acids is 1. The Morgan fingerprint density at radius 3 is 2.84 bits per heavy atom. The lowest BCUT2D eigenvalue weighted by molar-refractivity contribution is -0.143. The molecule has 0 spiro atoms. The van der Waals surface area contributed by atoms with Crippen LogP contribution in [0.1, 0.15) is 26.2 Å². The van der Waals surface area contributed by atoms with Gasteiger partial charge in [0.1, 0.15) is 6.04 Å². The standard InChI is InChI=1S/C13H22N2O4/c1-9-4-5-15(12(9)13(17)18)8-11(16)14-7-10-3-2-6-19-10/h9-10,12H,2-8H2,1H3,(H,14,16)(H,17,18). The second-order valence-electron chi connectivity index (χ2n) is 5.46. The van der Waals surface area contributed by atoms with Crippen LogP contribution in [-0.4, -0.2) is 60.3 Å². The first-order chi connectivity index (χ1) is 9.08. The predicted octanol–water partition coefficient (Wildman–Crippen LogP) is 0.0766. The topological polar surface area (TPSA) is 78.9 Å². The summed E-state index contributed by atoms with van der Waals surface area (Å²) in [5.41, 5.74) is 0. The van der Waals surface area contributed by atoms with Crippen molar-refractivity contribution in [2.24, 2.45) is 5.92 Å². The molecule has 2 N–H and O–H groups in total. The van der Waals surface area contributed by atoms with E-state index in [4.69, 9.17) is 4.74 Å². The van der Waals surface area contributed by atoms with Crippen molar-refractivity contribution in [1.29, 1.82) is 0 Å². The van der Waals surface area contributed by atoms with Gasteiger partial charge in [-0.2, -0.15) is 0 Å². The summed E-state index contributed by atoms with van der Waals surface area (Å²) < 4.78 is 5.43. The van der Waals surface area contributed by atoms with E-state index in [1.807, 2.05) is 6.92 Å². The fourth-order valence-corrected chi connectivity index (χ4v) is 2.88. The van der Waals surface area contributed by atoms with Gasteiger partial charge in [-0.1, -0.05) is 6.92 Å². The van der Waals surface area contributed by atoms with E-state index in [0.29, 0.717) is 13.1 Å². The molecule has 0 bridgehead atoms. The van der Waals surface area contributed by atoms with Crippen molar-refractivity contribution in [3.63, 3.8) is 0 Å². The molecule has 2 rings (SSSR count).